The Bertz CT molecular complexity index is 1260. The fraction of sp³-hybridized carbons (Fsp3) is 0.838. The molecule has 4 aliphatic rings. The first-order valence-corrected chi connectivity index (χ1v) is 19.2. The number of amides is 5. The first-order chi connectivity index (χ1) is 24.2. The molecule has 2 bridgehead atoms. The van der Waals surface area contributed by atoms with Crippen LogP contribution < -0.4 is 27.0 Å². The molecule has 4 fully saturated rings. The van der Waals surface area contributed by atoms with Crippen LogP contribution >= 0.6 is 0 Å². The predicted molar refractivity (Wildman–Crippen MR) is 189 cm³/mol. The molecule has 0 spiro atoms. The van der Waals surface area contributed by atoms with Crippen molar-refractivity contribution >= 4 is 35.5 Å². The largest absolute Gasteiger partial charge is 0.460 e. The Morgan fingerprint density at radius 1 is 0.843 bits per heavy atom. The molecule has 7 N–H and O–H groups in total. The number of hydrogen-bond acceptors (Lipinski definition) is 9. The molecule has 3 unspecified atom stereocenters. The number of aliphatic hydroxyl groups excluding tert-OH is 1. The Balaban J connectivity index is 1.66. The monoisotopic (exact) mass is 718 g/mol. The molecule has 4 rings (SSSR count). The second kappa shape index (κ2) is 18.5. The molecule has 3 saturated carbocycles. The van der Waals surface area contributed by atoms with E-state index in [4.69, 9.17) is 10.5 Å². The average Bonchev–Trinajstić information content (AvgIpc) is 3.74. The second-order valence-corrected chi connectivity index (χ2v) is 16.0. The van der Waals surface area contributed by atoms with E-state index in [2.05, 4.69) is 21.3 Å². The van der Waals surface area contributed by atoms with Gasteiger partial charge in [-0.25, -0.2) is 0 Å². The van der Waals surface area contributed by atoms with Gasteiger partial charge < -0.3 is 41.7 Å². The minimum Gasteiger partial charge on any atom is -0.460 e. The van der Waals surface area contributed by atoms with E-state index in [1.165, 1.54) is 31.1 Å². The maximum Gasteiger partial charge on any atom is 0.325 e. The van der Waals surface area contributed by atoms with Crippen LogP contribution in [0.3, 0.4) is 0 Å². The number of nitrogens with two attached hydrogens (primary N) is 1. The summed E-state index contributed by atoms with van der Waals surface area (Å²) in [6.45, 7) is 6.04. The summed E-state index contributed by atoms with van der Waals surface area (Å²) in [5, 5.41) is 20.9. The summed E-state index contributed by atoms with van der Waals surface area (Å²) >= 11 is 0. The van der Waals surface area contributed by atoms with Crippen LogP contribution in [-0.2, 0) is 33.5 Å². The van der Waals surface area contributed by atoms with Crippen molar-refractivity contribution in [3.63, 3.8) is 0 Å². The van der Waals surface area contributed by atoms with E-state index in [-0.39, 0.29) is 24.3 Å². The molecule has 5 amide bonds. The van der Waals surface area contributed by atoms with Crippen LogP contribution in [0.4, 0.5) is 0 Å². The summed E-state index contributed by atoms with van der Waals surface area (Å²) in [5.74, 6) is -2.96. The molecule has 0 aromatic rings. The number of ether oxygens (including phenoxy) is 1. The minimum absolute atomic E-state index is 0.0251. The number of cyclic esters (lactones) is 1. The number of likely N-dealkylation sites (N-methyl/N-ethyl adjacent to an activating group) is 1. The maximum absolute atomic E-state index is 14.2. The number of esters is 1. The molecule has 1 heterocycles. The average molecular weight is 719 g/mol. The third kappa shape index (κ3) is 10.6. The predicted octanol–water partition coefficient (Wildman–Crippen LogP) is 1.13. The van der Waals surface area contributed by atoms with Crippen molar-refractivity contribution in [2.45, 2.75) is 141 Å². The number of rotatable bonds is 8. The molecular formula is C37H62N6O8. The lowest BCUT2D eigenvalue weighted by Gasteiger charge is -2.36. The Hall–Kier alpha value is -3.26. The fourth-order valence-corrected chi connectivity index (χ4v) is 8.79. The van der Waals surface area contributed by atoms with E-state index in [1.54, 1.807) is 14.0 Å². The molecular weight excluding hydrogens is 656 g/mol. The van der Waals surface area contributed by atoms with Gasteiger partial charge in [-0.2, -0.15) is 0 Å². The van der Waals surface area contributed by atoms with Crippen LogP contribution in [0.2, 0.25) is 0 Å². The smallest absolute Gasteiger partial charge is 0.325 e. The van der Waals surface area contributed by atoms with Crippen LogP contribution in [0, 0.1) is 35.5 Å². The van der Waals surface area contributed by atoms with E-state index >= 15 is 0 Å². The number of carbonyl (C=O) groups is 6. The number of fused-ring (bicyclic) bond motifs is 2. The zero-order valence-corrected chi connectivity index (χ0v) is 31.2. The lowest BCUT2D eigenvalue weighted by atomic mass is 9.83. The Morgan fingerprint density at radius 3 is 2.14 bits per heavy atom. The van der Waals surface area contributed by atoms with Gasteiger partial charge in [0.1, 0.15) is 36.8 Å². The summed E-state index contributed by atoms with van der Waals surface area (Å²) in [7, 11) is 1.57. The Kier molecular flexibility index (Phi) is 14.7. The summed E-state index contributed by atoms with van der Waals surface area (Å²) in [5.41, 5.74) is 5.91. The molecule has 10 atom stereocenters. The maximum atomic E-state index is 14.2. The molecule has 1 saturated heterocycles. The van der Waals surface area contributed by atoms with E-state index in [9.17, 15) is 33.9 Å². The molecule has 0 aromatic carbocycles. The zero-order valence-electron chi connectivity index (χ0n) is 31.2. The molecule has 14 nitrogen and oxygen atoms in total. The van der Waals surface area contributed by atoms with Crippen molar-refractivity contribution in [1.29, 1.82) is 0 Å². The molecule has 1 aliphatic heterocycles. The Morgan fingerprint density at radius 2 is 1.55 bits per heavy atom. The van der Waals surface area contributed by atoms with Gasteiger partial charge in [-0.15, -0.1) is 0 Å². The van der Waals surface area contributed by atoms with Crippen molar-refractivity contribution in [2.24, 2.45) is 41.2 Å². The highest BCUT2D eigenvalue weighted by Gasteiger charge is 2.42. The third-order valence-corrected chi connectivity index (χ3v) is 11.8. The lowest BCUT2D eigenvalue weighted by molar-refractivity contribution is -0.158. The van der Waals surface area contributed by atoms with Gasteiger partial charge in [0.2, 0.25) is 29.5 Å². The van der Waals surface area contributed by atoms with Crippen molar-refractivity contribution in [1.82, 2.24) is 26.2 Å². The topological polar surface area (TPSA) is 209 Å². The van der Waals surface area contributed by atoms with Crippen LogP contribution in [0.25, 0.3) is 0 Å². The molecule has 0 aromatic heterocycles. The van der Waals surface area contributed by atoms with Gasteiger partial charge >= 0.3 is 5.97 Å². The Labute approximate surface area is 302 Å². The lowest BCUT2D eigenvalue weighted by Crippen LogP contribution is -2.62. The quantitative estimate of drug-likeness (QED) is 0.199. The molecule has 3 aliphatic carbocycles. The number of nitrogens with one attached hydrogen (secondary N) is 4. The summed E-state index contributed by atoms with van der Waals surface area (Å²) < 4.78 is 5.92. The van der Waals surface area contributed by atoms with Gasteiger partial charge in [-0.3, -0.25) is 28.8 Å². The van der Waals surface area contributed by atoms with E-state index in [1.807, 2.05) is 13.8 Å². The fourth-order valence-electron chi connectivity index (χ4n) is 8.79. The van der Waals surface area contributed by atoms with Gasteiger partial charge in [0.25, 0.3) is 0 Å². The van der Waals surface area contributed by atoms with Crippen LogP contribution in [0.15, 0.2) is 0 Å². The number of hydrogen-bond donors (Lipinski definition) is 6. The van der Waals surface area contributed by atoms with Gasteiger partial charge in [0.05, 0.1) is 12.0 Å². The van der Waals surface area contributed by atoms with E-state index in [0.29, 0.717) is 37.5 Å². The molecule has 14 heteroatoms. The molecule has 51 heavy (non-hydrogen) atoms. The van der Waals surface area contributed by atoms with Crippen molar-refractivity contribution in [3.8, 4) is 0 Å². The van der Waals surface area contributed by atoms with E-state index < -0.39 is 78.4 Å². The number of nitrogens with zero attached hydrogens (tertiary/aromatic N) is 1. The van der Waals surface area contributed by atoms with Gasteiger partial charge in [0.15, 0.2) is 0 Å². The molecule has 288 valence electrons. The van der Waals surface area contributed by atoms with Gasteiger partial charge in [0, 0.05) is 13.6 Å². The first-order valence-electron chi connectivity index (χ1n) is 19.2. The van der Waals surface area contributed by atoms with Crippen molar-refractivity contribution in [3.05, 3.63) is 0 Å². The highest BCUT2D eigenvalue weighted by Crippen LogP contribution is 2.50. The summed E-state index contributed by atoms with van der Waals surface area (Å²) in [6, 6.07) is -4.66. The zero-order chi connectivity index (χ0) is 37.4. The number of aliphatic hydroxyl groups is 1. The van der Waals surface area contributed by atoms with Gasteiger partial charge in [-0.1, -0.05) is 46.5 Å². The highest BCUT2D eigenvalue weighted by atomic mass is 16.5. The van der Waals surface area contributed by atoms with Crippen molar-refractivity contribution < 1.29 is 38.6 Å². The second-order valence-electron chi connectivity index (χ2n) is 16.0. The van der Waals surface area contributed by atoms with Crippen LogP contribution in [0.5, 0.6) is 0 Å². The first kappa shape index (κ1) is 40.5. The van der Waals surface area contributed by atoms with Crippen molar-refractivity contribution in [2.75, 3.05) is 20.1 Å². The SMILES string of the molecule is CC(C)C[C@H]1C(=O)N[C@@H](C2CCCCC2)C(=O)N[C@@H](CN)C(=O)N[C@@H]([C@H](C)O)C(=O)NCC(=O)O[C@H](CCC2CC3CCC2C3)[C@@H](C)C(=O)N1C. The minimum atomic E-state index is -1.47. The number of carbonyl (C=O) groups excluding carboxylic acids is 6. The normalized spacial score (nSPS) is 34.5. The van der Waals surface area contributed by atoms with Crippen LogP contribution in [-0.4, -0.2) is 102 Å². The summed E-state index contributed by atoms with van der Waals surface area (Å²) in [4.78, 5) is 83.4. The summed E-state index contributed by atoms with van der Waals surface area (Å²) in [6.07, 6.45) is 8.35. The van der Waals surface area contributed by atoms with E-state index in [0.717, 1.165) is 38.0 Å². The highest BCUT2D eigenvalue weighted by molar-refractivity contribution is 5.96. The van der Waals surface area contributed by atoms with Crippen LogP contribution in [0.1, 0.15) is 105 Å². The standard InChI is InChI=1S/C37H62N6O8/c1-20(2)15-28-34(47)42-32(24-9-7-6-8-10-24)36(49)40-27(18-38)33(46)41-31(22(4)44)35(48)39-19-30(45)51-29(21(3)37(50)43(28)5)14-13-26-17-23-11-12-25(26)16-23/h20-29,31-32,44H,6-19,38H2,1-5H3,(H,39,48)(H,40,49)(H,41,46)(H,42,47)/t21-,22+,23?,25?,26?,27+,28+,29-,31+,32+/m1/s1. The molecule has 0 radical (unpaired) electrons. The van der Waals surface area contributed by atoms with Gasteiger partial charge in [-0.05, 0) is 87.9 Å². The third-order valence-electron chi connectivity index (χ3n) is 11.8.